The zero-order valence-electron chi connectivity index (χ0n) is 14.6. The standard InChI is InChI=1S/C21H26P2/c1-21(2,3)23-14-16-10-6-8-12-18(16)20(23)19-17-11-7-5-9-15(17)13-22(19)4/h5-12,19-20H,13-14H2,1-4H3/t19?,20-,22+,23?/m1/s1. The highest BCUT2D eigenvalue weighted by atomic mass is 31.1. The molecule has 0 aromatic heterocycles. The van der Waals surface area contributed by atoms with Crippen LogP contribution in [0.4, 0.5) is 0 Å². The number of fused-ring (bicyclic) bond motifs is 2. The largest absolute Gasteiger partial charge is 0.0967 e. The number of benzene rings is 2. The molecule has 2 aromatic rings. The Morgan fingerprint density at radius 3 is 1.91 bits per heavy atom. The second-order valence-corrected chi connectivity index (χ2v) is 13.5. The van der Waals surface area contributed by atoms with Crippen molar-refractivity contribution in [3.05, 3.63) is 70.8 Å². The molecule has 0 nitrogen and oxygen atoms in total. The van der Waals surface area contributed by atoms with Gasteiger partial charge in [-0.05, 0) is 46.4 Å². The Morgan fingerprint density at radius 2 is 1.30 bits per heavy atom. The second-order valence-electron chi connectivity index (χ2n) is 8.00. The molecule has 4 atom stereocenters. The Hall–Kier alpha value is -0.700. The number of hydrogen-bond acceptors (Lipinski definition) is 0. The molecular weight excluding hydrogens is 314 g/mol. The van der Waals surface area contributed by atoms with Gasteiger partial charge in [0.25, 0.3) is 0 Å². The van der Waals surface area contributed by atoms with E-state index in [1.54, 1.807) is 22.3 Å². The monoisotopic (exact) mass is 340 g/mol. The van der Waals surface area contributed by atoms with Gasteiger partial charge in [0.2, 0.25) is 0 Å². The fourth-order valence-corrected chi connectivity index (χ4v) is 11.2. The molecule has 4 rings (SSSR count). The van der Waals surface area contributed by atoms with Crippen LogP contribution in [0.5, 0.6) is 0 Å². The van der Waals surface area contributed by atoms with Crippen LogP contribution >= 0.6 is 15.8 Å². The smallest absolute Gasteiger partial charge is 0.0161 e. The lowest BCUT2D eigenvalue weighted by atomic mass is 9.98. The van der Waals surface area contributed by atoms with Gasteiger partial charge in [0, 0.05) is 11.3 Å². The Labute approximate surface area is 143 Å². The van der Waals surface area contributed by atoms with E-state index in [4.69, 9.17) is 0 Å². The van der Waals surface area contributed by atoms with Crippen LogP contribution < -0.4 is 0 Å². The lowest BCUT2D eigenvalue weighted by Crippen LogP contribution is -2.16. The van der Waals surface area contributed by atoms with Crippen LogP contribution in [0.25, 0.3) is 0 Å². The SMILES string of the molecule is C[P@@]1Cc2ccccc2C1[C@H]1c2ccccc2CP1C(C)(C)C. The average molecular weight is 340 g/mol. The van der Waals surface area contributed by atoms with Crippen LogP contribution in [0.2, 0.25) is 0 Å². The summed E-state index contributed by atoms with van der Waals surface area (Å²) < 4.78 is 0. The van der Waals surface area contributed by atoms with Crippen LogP contribution in [0.1, 0.15) is 54.3 Å². The fraction of sp³-hybridized carbons (Fsp3) is 0.429. The van der Waals surface area contributed by atoms with Crippen molar-refractivity contribution >= 4 is 15.8 Å². The van der Waals surface area contributed by atoms with Crippen molar-refractivity contribution in [1.29, 1.82) is 0 Å². The van der Waals surface area contributed by atoms with Crippen molar-refractivity contribution in [2.24, 2.45) is 0 Å². The second kappa shape index (κ2) is 5.68. The minimum Gasteiger partial charge on any atom is -0.0967 e. The van der Waals surface area contributed by atoms with Gasteiger partial charge in [0.1, 0.15) is 0 Å². The summed E-state index contributed by atoms with van der Waals surface area (Å²) >= 11 is 0. The summed E-state index contributed by atoms with van der Waals surface area (Å²) in [6, 6.07) is 18.6. The Balaban J connectivity index is 1.85. The topological polar surface area (TPSA) is 0 Å². The van der Waals surface area contributed by atoms with E-state index in [0.29, 0.717) is 5.16 Å². The van der Waals surface area contributed by atoms with Gasteiger partial charge < -0.3 is 0 Å². The Kier molecular flexibility index (Phi) is 3.91. The molecule has 0 saturated heterocycles. The maximum Gasteiger partial charge on any atom is 0.0161 e. The van der Waals surface area contributed by atoms with Gasteiger partial charge in [-0.25, -0.2) is 0 Å². The molecule has 2 unspecified atom stereocenters. The minimum atomic E-state index is -0.0223. The first kappa shape index (κ1) is 15.8. The molecule has 2 heterocycles. The molecule has 2 aliphatic heterocycles. The van der Waals surface area contributed by atoms with Crippen molar-refractivity contribution in [2.45, 2.75) is 49.6 Å². The predicted molar refractivity (Wildman–Crippen MR) is 105 cm³/mol. The van der Waals surface area contributed by atoms with E-state index in [1.807, 2.05) is 0 Å². The summed E-state index contributed by atoms with van der Waals surface area (Å²) in [5.41, 5.74) is 8.13. The zero-order chi connectivity index (χ0) is 16.2. The minimum absolute atomic E-state index is 0.0223. The van der Waals surface area contributed by atoms with E-state index >= 15 is 0 Å². The van der Waals surface area contributed by atoms with Gasteiger partial charge in [-0.3, -0.25) is 0 Å². The molecule has 0 spiro atoms. The normalized spacial score (nSPS) is 29.4. The zero-order valence-corrected chi connectivity index (χ0v) is 16.4. The van der Waals surface area contributed by atoms with Crippen LogP contribution in [-0.2, 0) is 12.3 Å². The van der Waals surface area contributed by atoms with Crippen molar-refractivity contribution in [3.63, 3.8) is 0 Å². The van der Waals surface area contributed by atoms with Gasteiger partial charge >= 0.3 is 0 Å². The number of hydrogen-bond donors (Lipinski definition) is 0. The average Bonchev–Trinajstić information content (AvgIpc) is 3.03. The third-order valence-corrected chi connectivity index (χ3v) is 11.7. The van der Waals surface area contributed by atoms with Crippen molar-refractivity contribution in [1.82, 2.24) is 0 Å². The van der Waals surface area contributed by atoms with E-state index in [2.05, 4.69) is 76.0 Å². The van der Waals surface area contributed by atoms with Gasteiger partial charge in [0.15, 0.2) is 0 Å². The van der Waals surface area contributed by atoms with Gasteiger partial charge in [-0.2, -0.15) is 0 Å². The molecule has 0 N–H and O–H groups in total. The van der Waals surface area contributed by atoms with E-state index in [9.17, 15) is 0 Å². The summed E-state index contributed by atoms with van der Waals surface area (Å²) in [6.45, 7) is 9.94. The molecule has 2 aromatic carbocycles. The first-order valence-electron chi connectivity index (χ1n) is 8.59. The van der Waals surface area contributed by atoms with Crippen LogP contribution in [-0.4, -0.2) is 11.8 Å². The van der Waals surface area contributed by atoms with E-state index in [-0.39, 0.29) is 15.8 Å². The molecule has 2 heteroatoms. The third-order valence-electron chi connectivity index (χ3n) is 5.48. The molecule has 0 amide bonds. The van der Waals surface area contributed by atoms with E-state index < -0.39 is 0 Å². The molecule has 0 radical (unpaired) electrons. The summed E-state index contributed by atoms with van der Waals surface area (Å²) in [6.07, 6.45) is 2.64. The van der Waals surface area contributed by atoms with E-state index in [1.165, 1.54) is 12.3 Å². The first-order chi connectivity index (χ1) is 11.0. The maximum absolute atomic E-state index is 2.54. The summed E-state index contributed by atoms with van der Waals surface area (Å²) in [5, 5.41) is 0.423. The maximum atomic E-state index is 2.54. The van der Waals surface area contributed by atoms with Crippen LogP contribution in [0.3, 0.4) is 0 Å². The highest BCUT2D eigenvalue weighted by Crippen LogP contribution is 2.77. The Bertz CT molecular complexity index is 729. The molecule has 23 heavy (non-hydrogen) atoms. The lowest BCUT2D eigenvalue weighted by Gasteiger charge is -2.38. The molecule has 120 valence electrons. The van der Waals surface area contributed by atoms with Crippen LogP contribution in [0, 0.1) is 0 Å². The molecule has 0 bridgehead atoms. The lowest BCUT2D eigenvalue weighted by molar-refractivity contribution is 0.757. The molecule has 0 aliphatic carbocycles. The van der Waals surface area contributed by atoms with E-state index in [0.717, 1.165) is 11.3 Å². The van der Waals surface area contributed by atoms with Crippen LogP contribution in [0.15, 0.2) is 48.5 Å². The van der Waals surface area contributed by atoms with Crippen molar-refractivity contribution < 1.29 is 0 Å². The quantitative estimate of drug-likeness (QED) is 0.496. The van der Waals surface area contributed by atoms with Gasteiger partial charge in [-0.15, -0.1) is 0 Å². The van der Waals surface area contributed by atoms with Crippen molar-refractivity contribution in [3.8, 4) is 0 Å². The molecule has 0 saturated carbocycles. The highest BCUT2D eigenvalue weighted by Gasteiger charge is 2.46. The van der Waals surface area contributed by atoms with Gasteiger partial charge in [0.05, 0.1) is 0 Å². The molecule has 2 aliphatic rings. The fourth-order valence-electron chi connectivity index (χ4n) is 4.39. The van der Waals surface area contributed by atoms with Crippen molar-refractivity contribution in [2.75, 3.05) is 6.66 Å². The molecule has 0 fully saturated rings. The Morgan fingerprint density at radius 1 is 0.783 bits per heavy atom. The number of rotatable bonds is 1. The van der Waals surface area contributed by atoms with Gasteiger partial charge in [-0.1, -0.05) is 85.1 Å². The highest BCUT2D eigenvalue weighted by molar-refractivity contribution is 7.62. The summed E-state index contributed by atoms with van der Waals surface area (Å²) in [4.78, 5) is 0. The molecular formula is C21H26P2. The summed E-state index contributed by atoms with van der Waals surface area (Å²) in [7, 11) is 0.0293. The first-order valence-corrected chi connectivity index (χ1v) is 12.2. The third kappa shape index (κ3) is 2.59. The summed E-state index contributed by atoms with van der Waals surface area (Å²) in [5.74, 6) is 0. The predicted octanol–water partition coefficient (Wildman–Crippen LogP) is 6.89.